The summed E-state index contributed by atoms with van der Waals surface area (Å²) in [7, 11) is 9.66. The molecular weight excluding hydrogens is 606 g/mol. The van der Waals surface area contributed by atoms with Crippen molar-refractivity contribution in [3.8, 4) is 17.1 Å². The summed E-state index contributed by atoms with van der Waals surface area (Å²) >= 11 is 0. The van der Waals surface area contributed by atoms with Gasteiger partial charge in [0.25, 0.3) is 0 Å². The second kappa shape index (κ2) is 18.4. The van der Waals surface area contributed by atoms with E-state index in [1.165, 1.54) is 18.8 Å². The van der Waals surface area contributed by atoms with Gasteiger partial charge >= 0.3 is 5.97 Å². The quantitative estimate of drug-likeness (QED) is 0.161. The Morgan fingerprint density at radius 1 is 1.04 bits per heavy atom. The topological polar surface area (TPSA) is 133 Å². The number of hydrogen-bond donors (Lipinski definition) is 2. The van der Waals surface area contributed by atoms with Gasteiger partial charge in [-0.05, 0) is 55.8 Å². The van der Waals surface area contributed by atoms with Gasteiger partial charge < -0.3 is 24.9 Å². The molecular formula is C37H42N7O4+. The van der Waals surface area contributed by atoms with Crippen LogP contribution < -0.4 is 15.0 Å². The third kappa shape index (κ3) is 10.1. The van der Waals surface area contributed by atoms with E-state index in [2.05, 4.69) is 38.5 Å². The molecule has 2 heterocycles. The molecule has 48 heavy (non-hydrogen) atoms. The molecule has 1 aliphatic heterocycles. The lowest BCUT2D eigenvalue weighted by Gasteiger charge is -2.28. The van der Waals surface area contributed by atoms with E-state index in [4.69, 9.17) is 9.53 Å². The largest absolute Gasteiger partial charge is 0.478 e. The fraction of sp³-hybridized carbons (Fsp3) is 0.216. The zero-order valence-electron chi connectivity index (χ0n) is 28.2. The van der Waals surface area contributed by atoms with E-state index in [1.807, 2.05) is 107 Å². The number of aromatic carboxylic acids is 1. The molecule has 1 aliphatic carbocycles. The van der Waals surface area contributed by atoms with E-state index in [-0.39, 0.29) is 5.56 Å². The van der Waals surface area contributed by atoms with Crippen LogP contribution in [-0.2, 0) is 11.3 Å². The number of aromatic nitrogens is 4. The van der Waals surface area contributed by atoms with Crippen molar-refractivity contribution >= 4 is 30.2 Å². The van der Waals surface area contributed by atoms with Gasteiger partial charge in [-0.25, -0.2) is 9.37 Å². The van der Waals surface area contributed by atoms with Crippen molar-refractivity contribution in [2.45, 2.75) is 19.9 Å². The molecule has 1 aromatic heterocycles. The van der Waals surface area contributed by atoms with E-state index in [9.17, 15) is 9.90 Å². The highest BCUT2D eigenvalue weighted by Crippen LogP contribution is 2.45. The zero-order valence-corrected chi connectivity index (χ0v) is 28.2. The SMILES string of the molecule is C=[N+](C)C.CC=O.CN(C)c1ccc2c(c1)OC1=CCC=CC1=C2c1ccccc1C(=O)O.CNCc1ccc(-c2nncnn2)cc1. The number of rotatable bonds is 6. The normalized spacial score (nSPS) is 12.1. The van der Waals surface area contributed by atoms with Crippen molar-refractivity contribution in [1.29, 1.82) is 0 Å². The van der Waals surface area contributed by atoms with Gasteiger partial charge in [0, 0.05) is 54.7 Å². The third-order valence-electron chi connectivity index (χ3n) is 6.66. The first-order chi connectivity index (χ1) is 23.1. The van der Waals surface area contributed by atoms with E-state index in [1.54, 1.807) is 16.7 Å². The summed E-state index contributed by atoms with van der Waals surface area (Å²) in [4.78, 5) is 22.6. The molecule has 0 spiro atoms. The Labute approximate surface area is 281 Å². The van der Waals surface area contributed by atoms with Gasteiger partial charge in [-0.1, -0.05) is 54.6 Å². The Hall–Kier alpha value is -5.81. The minimum Gasteiger partial charge on any atom is -0.478 e. The second-order valence-corrected chi connectivity index (χ2v) is 10.9. The van der Waals surface area contributed by atoms with Crippen LogP contribution >= 0.6 is 0 Å². The molecule has 0 unspecified atom stereocenters. The lowest BCUT2D eigenvalue weighted by atomic mass is 9.85. The van der Waals surface area contributed by atoms with E-state index in [0.717, 1.165) is 58.7 Å². The molecule has 11 heteroatoms. The number of fused-ring (bicyclic) bond motifs is 2. The summed E-state index contributed by atoms with van der Waals surface area (Å²) in [6.07, 6.45) is 8.98. The summed E-state index contributed by atoms with van der Waals surface area (Å²) in [5.74, 6) is 1.15. The predicted octanol–water partition coefficient (Wildman–Crippen LogP) is 5.31. The molecule has 0 bridgehead atoms. The predicted molar refractivity (Wildman–Crippen MR) is 189 cm³/mol. The maximum absolute atomic E-state index is 11.8. The molecule has 6 rings (SSSR count). The Morgan fingerprint density at radius 3 is 2.29 bits per heavy atom. The number of allylic oxidation sites excluding steroid dienone is 3. The van der Waals surface area contributed by atoms with Crippen LogP contribution in [0.4, 0.5) is 5.69 Å². The molecule has 3 aromatic carbocycles. The molecule has 11 nitrogen and oxygen atoms in total. The number of anilines is 1. The van der Waals surface area contributed by atoms with Crippen LogP contribution in [0.15, 0.2) is 103 Å². The first kappa shape index (κ1) is 36.7. The lowest BCUT2D eigenvalue weighted by molar-refractivity contribution is -0.454. The molecule has 2 N–H and O–H groups in total. The molecule has 0 radical (unpaired) electrons. The first-order valence-electron chi connectivity index (χ1n) is 15.2. The van der Waals surface area contributed by atoms with Crippen LogP contribution in [0.5, 0.6) is 5.75 Å². The van der Waals surface area contributed by atoms with E-state index >= 15 is 0 Å². The monoisotopic (exact) mass is 648 g/mol. The van der Waals surface area contributed by atoms with E-state index in [0.29, 0.717) is 11.4 Å². The van der Waals surface area contributed by atoms with Gasteiger partial charge in [-0.15, -0.1) is 20.4 Å². The van der Waals surface area contributed by atoms with Crippen molar-refractivity contribution in [2.75, 3.05) is 40.1 Å². The summed E-state index contributed by atoms with van der Waals surface area (Å²) in [5.41, 5.74) is 6.90. The number of carbonyl (C=O) groups excluding carboxylic acids is 1. The summed E-state index contributed by atoms with van der Waals surface area (Å²) in [6.45, 7) is 5.77. The van der Waals surface area contributed by atoms with Crippen molar-refractivity contribution in [1.82, 2.24) is 25.7 Å². The molecule has 0 saturated heterocycles. The second-order valence-electron chi connectivity index (χ2n) is 10.9. The maximum Gasteiger partial charge on any atom is 0.336 e. The summed E-state index contributed by atoms with van der Waals surface area (Å²) < 4.78 is 7.91. The van der Waals surface area contributed by atoms with Crippen LogP contribution in [0, 0.1) is 0 Å². The molecule has 248 valence electrons. The van der Waals surface area contributed by atoms with Gasteiger partial charge in [-0.2, -0.15) is 0 Å². The van der Waals surface area contributed by atoms with Crippen LogP contribution in [0.25, 0.3) is 17.0 Å². The first-order valence-corrected chi connectivity index (χ1v) is 15.2. The minimum absolute atomic E-state index is 0.290. The average Bonchev–Trinajstić information content (AvgIpc) is 3.08. The van der Waals surface area contributed by atoms with Crippen LogP contribution in [0.3, 0.4) is 0 Å². The molecule has 0 saturated carbocycles. The number of aldehydes is 1. The lowest BCUT2D eigenvalue weighted by Crippen LogP contribution is -2.15. The number of ether oxygens (including phenoxy) is 1. The van der Waals surface area contributed by atoms with Crippen LogP contribution in [-0.4, -0.2) is 84.3 Å². The average molecular weight is 649 g/mol. The van der Waals surface area contributed by atoms with Crippen LogP contribution in [0.1, 0.15) is 40.4 Å². The highest BCUT2D eigenvalue weighted by Gasteiger charge is 2.28. The molecule has 0 fully saturated rings. The standard InChI is InChI=1S/C22H19NO3.C10H11N5.C3H8N.C2H4O/c1-23(2)14-11-12-18-20(13-14)26-19-10-6-5-9-17(19)21(18)15-7-3-4-8-16(15)22(24)25;1-11-6-8-2-4-9(5-3-8)10-14-12-7-13-15-10;1-4(2)3;1-2-3/h3-5,7-13H,6H2,1-2H3,(H,24,25);2-5,7,11H,6H2,1H3;1H2,2-3H3;2H,1H3/q;;+1;. The van der Waals surface area contributed by atoms with Gasteiger partial charge in [0.1, 0.15) is 38.6 Å². The number of carboxylic acids is 1. The molecule has 2 aliphatic rings. The smallest absolute Gasteiger partial charge is 0.336 e. The number of carboxylic acid groups (broad SMARTS) is 1. The number of nitrogens with one attached hydrogen (secondary N) is 1. The third-order valence-corrected chi connectivity index (χ3v) is 6.66. The number of nitrogens with zero attached hydrogens (tertiary/aromatic N) is 6. The van der Waals surface area contributed by atoms with E-state index < -0.39 is 5.97 Å². The van der Waals surface area contributed by atoms with Gasteiger partial charge in [0.05, 0.1) is 5.56 Å². The Balaban J connectivity index is 0.000000239. The summed E-state index contributed by atoms with van der Waals surface area (Å²) in [6, 6.07) is 21.1. The fourth-order valence-corrected chi connectivity index (χ4v) is 4.67. The molecule has 0 amide bonds. The highest BCUT2D eigenvalue weighted by atomic mass is 16.5. The Morgan fingerprint density at radius 2 is 1.69 bits per heavy atom. The minimum atomic E-state index is -0.933. The van der Waals surface area contributed by atoms with Gasteiger partial charge in [0.15, 0.2) is 6.33 Å². The Kier molecular flexibility index (Phi) is 14.0. The number of hydrogen-bond acceptors (Lipinski definition) is 9. The number of carbonyl (C=O) groups is 2. The number of benzene rings is 3. The summed E-state index contributed by atoms with van der Waals surface area (Å²) in [5, 5.41) is 27.9. The highest BCUT2D eigenvalue weighted by molar-refractivity contribution is 6.00. The van der Waals surface area contributed by atoms with Crippen molar-refractivity contribution in [3.05, 3.63) is 125 Å². The van der Waals surface area contributed by atoms with Crippen LogP contribution in [0.2, 0.25) is 0 Å². The molecule has 4 aromatic rings. The van der Waals surface area contributed by atoms with Gasteiger partial charge in [-0.3, -0.25) is 0 Å². The van der Waals surface area contributed by atoms with Gasteiger partial charge in [0.2, 0.25) is 5.82 Å². The fourth-order valence-electron chi connectivity index (χ4n) is 4.67. The van der Waals surface area contributed by atoms with Crippen molar-refractivity contribution < 1.29 is 24.0 Å². The van der Waals surface area contributed by atoms with Crippen molar-refractivity contribution in [2.24, 2.45) is 0 Å². The maximum atomic E-state index is 11.8. The molecule has 0 atom stereocenters. The Bertz CT molecular complexity index is 1790. The van der Waals surface area contributed by atoms with Crippen molar-refractivity contribution in [3.63, 3.8) is 0 Å². The zero-order chi connectivity index (χ0) is 35.1.